The van der Waals surface area contributed by atoms with Gasteiger partial charge in [-0.3, -0.25) is 15.0 Å². The van der Waals surface area contributed by atoms with Crippen LogP contribution in [-0.2, 0) is 9.59 Å². The fourth-order valence-corrected chi connectivity index (χ4v) is 2.99. The van der Waals surface area contributed by atoms with Gasteiger partial charge in [-0.15, -0.1) is 11.8 Å². The second-order valence-corrected chi connectivity index (χ2v) is 5.92. The zero-order valence-electron chi connectivity index (χ0n) is 11.6. The average molecular weight is 309 g/mol. The van der Waals surface area contributed by atoms with Gasteiger partial charge in [-0.05, 0) is 25.0 Å². The first-order valence-corrected chi connectivity index (χ1v) is 7.71. The highest BCUT2D eigenvalue weighted by Crippen LogP contribution is 2.21. The molecule has 2 rings (SSSR count). The van der Waals surface area contributed by atoms with E-state index in [4.69, 9.17) is 11.6 Å². The number of nitrogens with zero attached hydrogens (tertiary/aromatic N) is 2. The molecule has 7 nitrogen and oxygen atoms in total. The number of amides is 2. The largest absolute Gasteiger partial charge is 0.384 e. The Kier molecular flexibility index (Phi) is 5.40. The van der Waals surface area contributed by atoms with Crippen LogP contribution in [-0.4, -0.2) is 40.5 Å². The van der Waals surface area contributed by atoms with E-state index >= 15 is 0 Å². The molecule has 114 valence electrons. The van der Waals surface area contributed by atoms with E-state index in [0.717, 1.165) is 4.90 Å². The summed E-state index contributed by atoms with van der Waals surface area (Å²) >= 11 is 1.43. The number of carbonyl (C=O) groups is 2. The number of thioether (sulfide) groups is 1. The van der Waals surface area contributed by atoms with Crippen molar-refractivity contribution in [1.29, 1.82) is 0 Å². The predicted octanol–water partition coefficient (Wildman–Crippen LogP) is -0.0156. The Bertz CT molecular complexity index is 500. The topological polar surface area (TPSA) is 114 Å². The van der Waals surface area contributed by atoms with Crippen LogP contribution in [0.2, 0.25) is 0 Å². The minimum atomic E-state index is -0.149. The number of rotatable bonds is 4. The standard InChI is InChI=1S/C13H19N5O2S/c14-11-2-1-10(7-16-11)21-8-12(19)18-5-3-9(4-6-18)13(20)17-15/h1-2,7,9H,3-6,8,15H2,(H2,14,16)(H,17,20). The molecule has 21 heavy (non-hydrogen) atoms. The number of nitrogens with one attached hydrogen (secondary N) is 1. The average Bonchev–Trinajstić information content (AvgIpc) is 2.53. The van der Waals surface area contributed by atoms with Gasteiger partial charge in [0.05, 0.1) is 5.75 Å². The van der Waals surface area contributed by atoms with E-state index in [-0.39, 0.29) is 17.7 Å². The van der Waals surface area contributed by atoms with Crippen LogP contribution in [0.4, 0.5) is 5.82 Å². The van der Waals surface area contributed by atoms with Crippen molar-refractivity contribution in [3.05, 3.63) is 18.3 Å². The zero-order chi connectivity index (χ0) is 15.2. The number of carbonyl (C=O) groups excluding carboxylic acids is 2. The van der Waals surface area contributed by atoms with Crippen molar-refractivity contribution in [3.8, 4) is 0 Å². The molecule has 2 amide bonds. The van der Waals surface area contributed by atoms with Crippen molar-refractivity contribution < 1.29 is 9.59 Å². The number of pyridine rings is 1. The first kappa shape index (κ1) is 15.6. The second-order valence-electron chi connectivity index (χ2n) is 4.87. The Balaban J connectivity index is 1.77. The summed E-state index contributed by atoms with van der Waals surface area (Å²) < 4.78 is 0. The van der Waals surface area contributed by atoms with Crippen LogP contribution in [0.1, 0.15) is 12.8 Å². The lowest BCUT2D eigenvalue weighted by Gasteiger charge is -2.31. The van der Waals surface area contributed by atoms with Gasteiger partial charge in [0, 0.05) is 30.1 Å². The number of hydrazine groups is 1. The first-order valence-electron chi connectivity index (χ1n) is 6.72. The number of anilines is 1. The van der Waals surface area contributed by atoms with Gasteiger partial charge >= 0.3 is 0 Å². The molecule has 1 fully saturated rings. The van der Waals surface area contributed by atoms with Gasteiger partial charge in [-0.25, -0.2) is 10.8 Å². The normalized spacial score (nSPS) is 15.8. The lowest BCUT2D eigenvalue weighted by molar-refractivity contribution is -0.133. The molecule has 0 aliphatic carbocycles. The van der Waals surface area contributed by atoms with Crippen LogP contribution in [0.25, 0.3) is 0 Å². The summed E-state index contributed by atoms with van der Waals surface area (Å²) in [6, 6.07) is 3.56. The summed E-state index contributed by atoms with van der Waals surface area (Å²) in [6.07, 6.45) is 2.97. The van der Waals surface area contributed by atoms with Crippen molar-refractivity contribution in [1.82, 2.24) is 15.3 Å². The van der Waals surface area contributed by atoms with Crippen LogP contribution < -0.4 is 17.0 Å². The Morgan fingerprint density at radius 1 is 1.38 bits per heavy atom. The van der Waals surface area contributed by atoms with Gasteiger partial charge in [0.25, 0.3) is 0 Å². The molecular formula is C13H19N5O2S. The van der Waals surface area contributed by atoms with Crippen molar-refractivity contribution in [2.75, 3.05) is 24.6 Å². The van der Waals surface area contributed by atoms with Gasteiger partial charge in [-0.2, -0.15) is 0 Å². The van der Waals surface area contributed by atoms with E-state index in [1.54, 1.807) is 17.2 Å². The fraction of sp³-hybridized carbons (Fsp3) is 0.462. The Hall–Kier alpha value is -1.80. The Morgan fingerprint density at radius 2 is 2.10 bits per heavy atom. The molecule has 0 bridgehead atoms. The summed E-state index contributed by atoms with van der Waals surface area (Å²) in [5, 5.41) is 0. The molecule has 1 saturated heterocycles. The fourth-order valence-electron chi connectivity index (χ4n) is 2.22. The molecule has 0 spiro atoms. The summed E-state index contributed by atoms with van der Waals surface area (Å²) in [4.78, 5) is 30.2. The van der Waals surface area contributed by atoms with Crippen molar-refractivity contribution >= 4 is 29.4 Å². The predicted molar refractivity (Wildman–Crippen MR) is 81.0 cm³/mol. The maximum atomic E-state index is 12.1. The number of likely N-dealkylation sites (tertiary alicyclic amines) is 1. The molecule has 0 radical (unpaired) electrons. The lowest BCUT2D eigenvalue weighted by atomic mass is 9.96. The maximum absolute atomic E-state index is 12.1. The Labute approximate surface area is 127 Å². The third-order valence-corrected chi connectivity index (χ3v) is 4.45. The number of nitrogen functional groups attached to an aromatic ring is 1. The lowest BCUT2D eigenvalue weighted by Crippen LogP contribution is -2.45. The van der Waals surface area contributed by atoms with Crippen molar-refractivity contribution in [2.24, 2.45) is 11.8 Å². The summed E-state index contributed by atoms with van der Waals surface area (Å²) in [5.41, 5.74) is 7.68. The molecule has 1 aliphatic rings. The first-order chi connectivity index (χ1) is 10.1. The van der Waals surface area contributed by atoms with Crippen LogP contribution in [0, 0.1) is 5.92 Å². The summed E-state index contributed by atoms with van der Waals surface area (Å²) in [6.45, 7) is 1.19. The molecule has 0 saturated carbocycles. The Morgan fingerprint density at radius 3 is 2.67 bits per heavy atom. The van der Waals surface area contributed by atoms with Crippen molar-refractivity contribution in [2.45, 2.75) is 17.7 Å². The van der Waals surface area contributed by atoms with E-state index in [0.29, 0.717) is 37.5 Å². The molecule has 5 N–H and O–H groups in total. The zero-order valence-corrected chi connectivity index (χ0v) is 12.4. The number of piperidine rings is 1. The molecule has 0 atom stereocenters. The van der Waals surface area contributed by atoms with Crippen LogP contribution in [0.15, 0.2) is 23.2 Å². The van der Waals surface area contributed by atoms with Gasteiger partial charge in [0.2, 0.25) is 11.8 Å². The number of aromatic nitrogens is 1. The summed E-state index contributed by atoms with van der Waals surface area (Å²) in [5.74, 6) is 5.78. The van der Waals surface area contributed by atoms with E-state index in [9.17, 15) is 9.59 Å². The van der Waals surface area contributed by atoms with E-state index < -0.39 is 0 Å². The second kappa shape index (κ2) is 7.28. The molecule has 0 aromatic carbocycles. The number of hydrogen-bond acceptors (Lipinski definition) is 6. The smallest absolute Gasteiger partial charge is 0.237 e. The summed E-state index contributed by atoms with van der Waals surface area (Å²) in [7, 11) is 0. The van der Waals surface area contributed by atoms with E-state index in [1.165, 1.54) is 11.8 Å². The molecule has 8 heteroatoms. The minimum absolute atomic E-state index is 0.0726. The van der Waals surface area contributed by atoms with E-state index in [2.05, 4.69) is 10.4 Å². The van der Waals surface area contributed by atoms with Crippen LogP contribution in [0.5, 0.6) is 0 Å². The highest BCUT2D eigenvalue weighted by atomic mass is 32.2. The number of hydrogen-bond donors (Lipinski definition) is 3. The molecular weight excluding hydrogens is 290 g/mol. The SMILES string of the molecule is NNC(=O)C1CCN(C(=O)CSc2ccc(N)nc2)CC1. The highest BCUT2D eigenvalue weighted by Gasteiger charge is 2.26. The maximum Gasteiger partial charge on any atom is 0.237 e. The van der Waals surface area contributed by atoms with Crippen LogP contribution >= 0.6 is 11.8 Å². The molecule has 1 aromatic heterocycles. The molecule has 2 heterocycles. The number of nitrogens with two attached hydrogens (primary N) is 2. The van der Waals surface area contributed by atoms with E-state index in [1.807, 2.05) is 6.07 Å². The van der Waals surface area contributed by atoms with Crippen molar-refractivity contribution in [3.63, 3.8) is 0 Å². The van der Waals surface area contributed by atoms with Gasteiger partial charge in [0.15, 0.2) is 0 Å². The molecule has 1 aliphatic heterocycles. The van der Waals surface area contributed by atoms with Gasteiger partial charge in [-0.1, -0.05) is 0 Å². The van der Waals surface area contributed by atoms with Gasteiger partial charge in [0.1, 0.15) is 5.82 Å². The third-order valence-electron chi connectivity index (χ3n) is 3.48. The molecule has 0 unspecified atom stereocenters. The van der Waals surface area contributed by atoms with Crippen LogP contribution in [0.3, 0.4) is 0 Å². The highest BCUT2D eigenvalue weighted by molar-refractivity contribution is 8.00. The molecule has 1 aromatic rings. The minimum Gasteiger partial charge on any atom is -0.384 e. The monoisotopic (exact) mass is 309 g/mol. The van der Waals surface area contributed by atoms with Gasteiger partial charge < -0.3 is 10.6 Å². The third kappa shape index (κ3) is 4.33. The quantitative estimate of drug-likeness (QED) is 0.312.